The van der Waals surface area contributed by atoms with Crippen LogP contribution in [0.15, 0.2) is 11.2 Å². The Hall–Kier alpha value is -1.12. The zero-order valence-corrected chi connectivity index (χ0v) is 10.8. The number of aromatic nitrogens is 2. The molecular weight excluding hydrogens is 270 g/mol. The van der Waals surface area contributed by atoms with E-state index in [0.29, 0.717) is 0 Å². The van der Waals surface area contributed by atoms with E-state index in [-0.39, 0.29) is 16.5 Å². The highest BCUT2D eigenvalue weighted by atomic mass is 35.5. The lowest BCUT2D eigenvalue weighted by Gasteiger charge is -2.12. The fourth-order valence-corrected chi connectivity index (χ4v) is 3.18. The molecule has 0 spiro atoms. The van der Waals surface area contributed by atoms with Crippen LogP contribution in [0.25, 0.3) is 0 Å². The molecule has 7 nitrogen and oxygen atoms in total. The Morgan fingerprint density at radius 1 is 1.71 bits per heavy atom. The minimum atomic E-state index is -4.00. The smallest absolute Gasteiger partial charge is 0.321 e. The van der Waals surface area contributed by atoms with Gasteiger partial charge in [0.1, 0.15) is 6.04 Å². The minimum absolute atomic E-state index is 0.0553. The molecule has 0 saturated carbocycles. The zero-order valence-electron chi connectivity index (χ0n) is 9.21. The number of carboxylic acid groups (broad SMARTS) is 1. The van der Waals surface area contributed by atoms with Crippen LogP contribution in [-0.2, 0) is 21.9 Å². The SMILES string of the molecule is CC[C@H](NS(=O)(=O)c1c(Cl)cnn1C)C(=O)O. The fraction of sp³-hybridized carbons (Fsp3) is 0.500. The van der Waals surface area contributed by atoms with E-state index >= 15 is 0 Å². The summed E-state index contributed by atoms with van der Waals surface area (Å²) in [6, 6.07) is -1.19. The van der Waals surface area contributed by atoms with Gasteiger partial charge in [-0.2, -0.15) is 9.82 Å². The largest absolute Gasteiger partial charge is 0.480 e. The summed E-state index contributed by atoms with van der Waals surface area (Å²) in [6.45, 7) is 1.56. The number of carbonyl (C=O) groups is 1. The van der Waals surface area contributed by atoms with Crippen molar-refractivity contribution < 1.29 is 18.3 Å². The van der Waals surface area contributed by atoms with Gasteiger partial charge in [-0.25, -0.2) is 8.42 Å². The van der Waals surface area contributed by atoms with Crippen molar-refractivity contribution in [2.45, 2.75) is 24.4 Å². The Labute approximate surface area is 103 Å². The Morgan fingerprint density at radius 2 is 2.29 bits per heavy atom. The topological polar surface area (TPSA) is 101 Å². The van der Waals surface area contributed by atoms with Gasteiger partial charge in [-0.05, 0) is 6.42 Å². The van der Waals surface area contributed by atoms with Crippen molar-refractivity contribution in [1.82, 2.24) is 14.5 Å². The third-order valence-electron chi connectivity index (χ3n) is 2.10. The standard InChI is InChI=1S/C8H12ClN3O4S/c1-3-6(8(13)14)11-17(15,16)7-5(9)4-10-12(7)2/h4,6,11H,3H2,1-2H3,(H,13,14)/t6-/m0/s1. The summed E-state index contributed by atoms with van der Waals surface area (Å²) < 4.78 is 26.9. The van der Waals surface area contributed by atoms with Gasteiger partial charge in [0.2, 0.25) is 0 Å². The van der Waals surface area contributed by atoms with Gasteiger partial charge < -0.3 is 5.11 Å². The van der Waals surface area contributed by atoms with Crippen LogP contribution in [0.3, 0.4) is 0 Å². The van der Waals surface area contributed by atoms with Crippen LogP contribution < -0.4 is 4.72 Å². The van der Waals surface area contributed by atoms with E-state index in [4.69, 9.17) is 16.7 Å². The number of halogens is 1. The molecular formula is C8H12ClN3O4S. The first-order valence-electron chi connectivity index (χ1n) is 4.72. The molecule has 0 aromatic carbocycles. The summed E-state index contributed by atoms with van der Waals surface area (Å²) in [5.41, 5.74) is 0. The van der Waals surface area contributed by atoms with Crippen molar-refractivity contribution in [3.63, 3.8) is 0 Å². The summed E-state index contributed by atoms with van der Waals surface area (Å²) in [7, 11) is -2.59. The average molecular weight is 282 g/mol. The Kier molecular flexibility index (Phi) is 4.12. The number of nitrogens with one attached hydrogen (secondary N) is 1. The highest BCUT2D eigenvalue weighted by Crippen LogP contribution is 2.19. The van der Waals surface area contributed by atoms with Crippen molar-refractivity contribution in [1.29, 1.82) is 0 Å². The molecule has 0 fully saturated rings. The summed E-state index contributed by atoms with van der Waals surface area (Å²) in [5.74, 6) is -1.24. The van der Waals surface area contributed by atoms with Crippen LogP contribution in [0, 0.1) is 0 Å². The van der Waals surface area contributed by atoms with E-state index in [9.17, 15) is 13.2 Å². The molecule has 0 amide bonds. The maximum absolute atomic E-state index is 11.9. The lowest BCUT2D eigenvalue weighted by Crippen LogP contribution is -2.40. The number of rotatable bonds is 5. The number of aliphatic carboxylic acids is 1. The second-order valence-electron chi connectivity index (χ2n) is 3.34. The Balaban J connectivity index is 3.09. The Bertz CT molecular complexity index is 505. The number of nitrogens with zero attached hydrogens (tertiary/aromatic N) is 2. The van der Waals surface area contributed by atoms with Crippen LogP contribution in [0.2, 0.25) is 5.02 Å². The van der Waals surface area contributed by atoms with Gasteiger partial charge in [0.15, 0.2) is 5.03 Å². The molecule has 0 unspecified atom stereocenters. The van der Waals surface area contributed by atoms with Gasteiger partial charge in [-0.15, -0.1) is 0 Å². The molecule has 1 aromatic heterocycles. The quantitative estimate of drug-likeness (QED) is 0.804. The van der Waals surface area contributed by atoms with Gasteiger partial charge in [0.05, 0.1) is 11.2 Å². The second-order valence-corrected chi connectivity index (χ2v) is 5.38. The van der Waals surface area contributed by atoms with Crippen molar-refractivity contribution in [3.8, 4) is 0 Å². The molecule has 0 aliphatic carbocycles. The number of sulfonamides is 1. The van der Waals surface area contributed by atoms with Crippen molar-refractivity contribution >= 4 is 27.6 Å². The first-order valence-corrected chi connectivity index (χ1v) is 6.58. The normalized spacial score (nSPS) is 13.6. The predicted octanol–water partition coefficient (Wildman–Crippen LogP) is 0.215. The van der Waals surface area contributed by atoms with Gasteiger partial charge in [0.25, 0.3) is 10.0 Å². The highest BCUT2D eigenvalue weighted by molar-refractivity contribution is 7.89. The molecule has 0 aliphatic rings. The minimum Gasteiger partial charge on any atom is -0.480 e. The third kappa shape index (κ3) is 2.96. The van der Waals surface area contributed by atoms with Gasteiger partial charge in [-0.3, -0.25) is 9.48 Å². The van der Waals surface area contributed by atoms with Crippen LogP contribution in [0.5, 0.6) is 0 Å². The van der Waals surface area contributed by atoms with Gasteiger partial charge in [-0.1, -0.05) is 18.5 Å². The number of hydrogen-bond donors (Lipinski definition) is 2. The van der Waals surface area contributed by atoms with E-state index in [1.165, 1.54) is 13.2 Å². The molecule has 1 heterocycles. The van der Waals surface area contributed by atoms with E-state index in [2.05, 4.69) is 9.82 Å². The highest BCUT2D eigenvalue weighted by Gasteiger charge is 2.28. The maximum Gasteiger partial charge on any atom is 0.321 e. The Morgan fingerprint density at radius 3 is 2.65 bits per heavy atom. The van der Waals surface area contributed by atoms with Crippen molar-refractivity contribution in [2.75, 3.05) is 0 Å². The van der Waals surface area contributed by atoms with E-state index in [1.54, 1.807) is 6.92 Å². The van der Waals surface area contributed by atoms with E-state index in [0.717, 1.165) is 4.68 Å². The molecule has 1 rings (SSSR count). The third-order valence-corrected chi connectivity index (χ3v) is 4.08. The number of hydrogen-bond acceptors (Lipinski definition) is 4. The number of aryl methyl sites for hydroxylation is 1. The second kappa shape index (κ2) is 5.03. The lowest BCUT2D eigenvalue weighted by atomic mass is 10.2. The number of carboxylic acids is 1. The fourth-order valence-electron chi connectivity index (χ4n) is 1.25. The summed E-state index contributed by atoms with van der Waals surface area (Å²) >= 11 is 5.69. The molecule has 9 heteroatoms. The molecule has 2 N–H and O–H groups in total. The first kappa shape index (κ1) is 13.9. The summed E-state index contributed by atoms with van der Waals surface area (Å²) in [6.07, 6.45) is 1.31. The van der Waals surface area contributed by atoms with Crippen LogP contribution in [0.1, 0.15) is 13.3 Å². The molecule has 96 valence electrons. The predicted molar refractivity (Wildman–Crippen MR) is 60.3 cm³/mol. The zero-order chi connectivity index (χ0) is 13.2. The molecule has 0 radical (unpaired) electrons. The van der Waals surface area contributed by atoms with Crippen LogP contribution in [0.4, 0.5) is 0 Å². The molecule has 1 aromatic rings. The van der Waals surface area contributed by atoms with Crippen molar-refractivity contribution in [3.05, 3.63) is 11.2 Å². The first-order chi connectivity index (χ1) is 7.79. The van der Waals surface area contributed by atoms with Crippen LogP contribution in [-0.4, -0.2) is 35.3 Å². The molecule has 1 atom stereocenters. The van der Waals surface area contributed by atoms with E-state index < -0.39 is 22.0 Å². The monoisotopic (exact) mass is 281 g/mol. The van der Waals surface area contributed by atoms with Crippen LogP contribution >= 0.6 is 11.6 Å². The molecule has 0 bridgehead atoms. The molecule has 0 saturated heterocycles. The van der Waals surface area contributed by atoms with E-state index in [1.807, 2.05) is 0 Å². The molecule has 0 aliphatic heterocycles. The lowest BCUT2D eigenvalue weighted by molar-refractivity contribution is -0.139. The maximum atomic E-state index is 11.9. The summed E-state index contributed by atoms with van der Waals surface area (Å²) in [5, 5.41) is 12.2. The van der Waals surface area contributed by atoms with Gasteiger partial charge in [0, 0.05) is 7.05 Å². The van der Waals surface area contributed by atoms with Crippen molar-refractivity contribution in [2.24, 2.45) is 7.05 Å². The average Bonchev–Trinajstić information content (AvgIpc) is 2.55. The summed E-state index contributed by atoms with van der Waals surface area (Å²) in [4.78, 5) is 10.8. The molecule has 17 heavy (non-hydrogen) atoms. The van der Waals surface area contributed by atoms with Gasteiger partial charge >= 0.3 is 5.97 Å².